The number of fused-ring (bicyclic) bond motifs is 12. The molecule has 1 spiro atoms. The summed E-state index contributed by atoms with van der Waals surface area (Å²) in [6, 6.07) is 78.5. The topological polar surface area (TPSA) is 43.6 Å². The molecule has 0 amide bonds. The van der Waals surface area contributed by atoms with Crippen LogP contribution in [0.15, 0.2) is 218 Å². The quantitative estimate of drug-likeness (QED) is 0.174. The van der Waals surface area contributed by atoms with Gasteiger partial charge >= 0.3 is 0 Å². The fourth-order valence-electron chi connectivity index (χ4n) is 10.3. The fraction of sp³-hybridized carbons (Fsp3) is 0.0172. The van der Waals surface area contributed by atoms with Gasteiger partial charge in [0.15, 0.2) is 0 Å². The van der Waals surface area contributed by atoms with Gasteiger partial charge in [0.05, 0.1) is 38.9 Å². The molecule has 4 heteroatoms. The minimum Gasteiger partial charge on any atom is -0.292 e. The molecule has 0 N–H and O–H groups in total. The fourth-order valence-corrected chi connectivity index (χ4v) is 10.3. The van der Waals surface area contributed by atoms with Crippen LogP contribution in [0.4, 0.5) is 0 Å². The number of hydrogen-bond donors (Lipinski definition) is 0. The molecule has 0 saturated heterocycles. The Balaban J connectivity index is 0.994. The minimum atomic E-state index is -0.529. The summed E-state index contributed by atoms with van der Waals surface area (Å²) in [6.07, 6.45) is 0. The minimum absolute atomic E-state index is 0.529. The zero-order valence-electron chi connectivity index (χ0n) is 33.6. The van der Waals surface area contributed by atoms with Crippen LogP contribution in [0.2, 0.25) is 0 Å². The van der Waals surface area contributed by atoms with Crippen molar-refractivity contribution in [3.05, 3.63) is 241 Å². The molecule has 0 aliphatic heterocycles. The molecule has 0 unspecified atom stereocenters. The lowest BCUT2D eigenvalue weighted by Crippen LogP contribution is -2.26. The molecular formula is C58H36N4. The number of imidazole rings is 1. The van der Waals surface area contributed by atoms with Crippen LogP contribution in [0.3, 0.4) is 0 Å². The first-order valence-electron chi connectivity index (χ1n) is 21.2. The summed E-state index contributed by atoms with van der Waals surface area (Å²) in [6.45, 7) is 0. The monoisotopic (exact) mass is 788 g/mol. The second-order valence-corrected chi connectivity index (χ2v) is 16.3. The van der Waals surface area contributed by atoms with Gasteiger partial charge in [-0.25, -0.2) is 15.0 Å². The molecule has 13 rings (SSSR count). The number of nitrogens with zero attached hydrogens (tertiary/aromatic N) is 4. The van der Waals surface area contributed by atoms with Crippen LogP contribution in [0.1, 0.15) is 22.3 Å². The van der Waals surface area contributed by atoms with Crippen molar-refractivity contribution in [2.75, 3.05) is 0 Å². The van der Waals surface area contributed by atoms with Gasteiger partial charge in [0, 0.05) is 22.4 Å². The van der Waals surface area contributed by atoms with Crippen molar-refractivity contribution >= 4 is 22.1 Å². The van der Waals surface area contributed by atoms with E-state index in [0.29, 0.717) is 0 Å². The van der Waals surface area contributed by atoms with Crippen LogP contribution in [0, 0.1) is 0 Å². The number of hydrogen-bond acceptors (Lipinski definition) is 3. The third-order valence-corrected chi connectivity index (χ3v) is 13.0. The molecule has 0 bridgehead atoms. The number of rotatable bonds is 5. The third-order valence-electron chi connectivity index (χ3n) is 13.0. The van der Waals surface area contributed by atoms with Crippen molar-refractivity contribution in [2.45, 2.75) is 5.41 Å². The predicted octanol–water partition coefficient (Wildman–Crippen LogP) is 14.0. The number of benzene rings is 9. The summed E-state index contributed by atoms with van der Waals surface area (Å²) < 4.78 is 2.30. The Morgan fingerprint density at radius 3 is 1.40 bits per heavy atom. The zero-order valence-corrected chi connectivity index (χ0v) is 33.6. The van der Waals surface area contributed by atoms with Crippen molar-refractivity contribution in [2.24, 2.45) is 0 Å². The van der Waals surface area contributed by atoms with Crippen molar-refractivity contribution in [3.63, 3.8) is 0 Å². The molecule has 2 aliphatic rings. The summed E-state index contributed by atoms with van der Waals surface area (Å²) in [4.78, 5) is 15.6. The van der Waals surface area contributed by atoms with E-state index < -0.39 is 5.41 Å². The molecule has 0 radical (unpaired) electrons. The van der Waals surface area contributed by atoms with E-state index in [1.165, 1.54) is 50.1 Å². The maximum Gasteiger partial charge on any atom is 0.145 e. The Kier molecular flexibility index (Phi) is 7.49. The Morgan fingerprint density at radius 1 is 0.306 bits per heavy atom. The molecule has 0 fully saturated rings. The highest BCUT2D eigenvalue weighted by Crippen LogP contribution is 2.63. The van der Waals surface area contributed by atoms with Crippen LogP contribution in [0.5, 0.6) is 0 Å². The summed E-state index contributed by atoms with van der Waals surface area (Å²) >= 11 is 0. The van der Waals surface area contributed by atoms with Gasteiger partial charge in [-0.05, 0) is 104 Å². The van der Waals surface area contributed by atoms with Gasteiger partial charge in [0.25, 0.3) is 0 Å². The number of aromatic nitrogens is 4. The molecule has 11 aromatic rings. The summed E-state index contributed by atoms with van der Waals surface area (Å²) in [5.74, 6) is 0.929. The van der Waals surface area contributed by atoms with Crippen LogP contribution in [0.25, 0.3) is 95.0 Å². The van der Waals surface area contributed by atoms with E-state index in [4.69, 9.17) is 15.0 Å². The maximum absolute atomic E-state index is 5.31. The Morgan fingerprint density at radius 2 is 0.758 bits per heavy atom. The van der Waals surface area contributed by atoms with Crippen molar-refractivity contribution in [1.29, 1.82) is 0 Å². The van der Waals surface area contributed by atoms with Gasteiger partial charge in [-0.15, -0.1) is 0 Å². The third kappa shape index (κ3) is 4.98. The Hall–Kier alpha value is -8.21. The number of para-hydroxylation sites is 5. The van der Waals surface area contributed by atoms with Crippen LogP contribution >= 0.6 is 0 Å². The average molecular weight is 789 g/mol. The second-order valence-electron chi connectivity index (χ2n) is 16.3. The van der Waals surface area contributed by atoms with Gasteiger partial charge in [-0.3, -0.25) is 4.57 Å². The highest BCUT2D eigenvalue weighted by atomic mass is 15.1. The first kappa shape index (κ1) is 34.6. The van der Waals surface area contributed by atoms with E-state index >= 15 is 0 Å². The summed E-state index contributed by atoms with van der Waals surface area (Å²) in [5.41, 5.74) is 21.9. The maximum atomic E-state index is 5.31. The molecule has 2 aliphatic carbocycles. The lowest BCUT2D eigenvalue weighted by molar-refractivity contribution is 0.794. The first-order chi connectivity index (χ1) is 30.7. The molecule has 0 atom stereocenters. The van der Waals surface area contributed by atoms with E-state index in [-0.39, 0.29) is 0 Å². The normalized spacial score (nSPS) is 13.0. The van der Waals surface area contributed by atoms with Crippen molar-refractivity contribution in [1.82, 2.24) is 19.5 Å². The highest BCUT2D eigenvalue weighted by molar-refractivity contribution is 5.97. The van der Waals surface area contributed by atoms with Crippen molar-refractivity contribution < 1.29 is 0 Å². The lowest BCUT2D eigenvalue weighted by Gasteiger charge is -2.31. The van der Waals surface area contributed by atoms with E-state index in [9.17, 15) is 0 Å². The molecule has 62 heavy (non-hydrogen) atoms. The summed E-state index contributed by atoms with van der Waals surface area (Å²) in [5, 5.41) is 0. The predicted molar refractivity (Wildman–Crippen MR) is 252 cm³/mol. The summed E-state index contributed by atoms with van der Waals surface area (Å²) in [7, 11) is 0. The highest BCUT2D eigenvalue weighted by Gasteiger charge is 2.51. The van der Waals surface area contributed by atoms with Gasteiger partial charge in [0.2, 0.25) is 0 Å². The van der Waals surface area contributed by atoms with Crippen molar-refractivity contribution in [3.8, 4) is 73.0 Å². The molecule has 288 valence electrons. The van der Waals surface area contributed by atoms with Crippen LogP contribution in [-0.2, 0) is 5.41 Å². The Labute approximate surface area is 359 Å². The molecule has 4 nitrogen and oxygen atoms in total. The lowest BCUT2D eigenvalue weighted by atomic mass is 9.70. The van der Waals surface area contributed by atoms with Crippen LogP contribution < -0.4 is 0 Å². The molecule has 2 heterocycles. The van der Waals surface area contributed by atoms with Gasteiger partial charge in [-0.1, -0.05) is 170 Å². The molecule has 0 saturated carbocycles. The smallest absolute Gasteiger partial charge is 0.145 e. The van der Waals surface area contributed by atoms with E-state index in [1.54, 1.807) is 0 Å². The molecule has 9 aromatic carbocycles. The molecular weight excluding hydrogens is 753 g/mol. The first-order valence-corrected chi connectivity index (χ1v) is 21.2. The van der Waals surface area contributed by atoms with Gasteiger partial charge in [0.1, 0.15) is 5.82 Å². The molecule has 2 aromatic heterocycles. The van der Waals surface area contributed by atoms with Crippen LogP contribution in [-0.4, -0.2) is 19.5 Å². The van der Waals surface area contributed by atoms with E-state index in [1.807, 2.05) is 30.3 Å². The standard InChI is InChI=1S/C58H36N4/c1-3-15-38(16-4-1)55-56(60-52-24-12-11-23-51(52)59-55)39-29-27-37(28-30-39)40-31-33-45-46-34-32-41(57-61-53-25-13-14-26-54(53)62(57)42-17-5-2-6-18-42)36-50(46)58(49(45)35-40)47-21-9-7-19-43(47)44-20-8-10-22-48(44)58/h1-36H. The Bertz CT molecular complexity index is 3520. The zero-order chi connectivity index (χ0) is 40.8. The largest absolute Gasteiger partial charge is 0.292 e. The van der Waals surface area contributed by atoms with E-state index in [0.717, 1.165) is 67.2 Å². The van der Waals surface area contributed by atoms with Gasteiger partial charge in [-0.2, -0.15) is 0 Å². The second kappa shape index (κ2) is 13.4. The van der Waals surface area contributed by atoms with Gasteiger partial charge < -0.3 is 0 Å². The SMILES string of the molecule is c1ccc(-c2nc3ccccc3nc2-c2ccc(-c3ccc4c(c3)C3(c5ccccc5-c5ccccc53)c3cc(-c5nc6ccccc6n5-c5ccccc5)ccc3-4)cc2)cc1. The van der Waals surface area contributed by atoms with E-state index in [2.05, 4.69) is 193 Å². The average Bonchev–Trinajstić information content (AvgIpc) is 3.98.